The minimum Gasteiger partial charge on any atom is -0.459 e. The number of carbonyl (C=O) groups excluding carboxylic acids is 3. The summed E-state index contributed by atoms with van der Waals surface area (Å²) in [5.74, 6) is -0.180. The van der Waals surface area contributed by atoms with Crippen molar-refractivity contribution in [2.24, 2.45) is 5.10 Å². The Morgan fingerprint density at radius 2 is 1.59 bits per heavy atom. The number of hydrogen-bond donors (Lipinski definition) is 0. The minimum absolute atomic E-state index is 0.126. The summed E-state index contributed by atoms with van der Waals surface area (Å²) < 4.78 is 5.16. The molecule has 0 saturated carbocycles. The maximum absolute atomic E-state index is 12.9. The van der Waals surface area contributed by atoms with Crippen LogP contribution in [0.1, 0.15) is 29.0 Å². The molecule has 3 amide bonds. The summed E-state index contributed by atoms with van der Waals surface area (Å²) in [6, 6.07) is 10.8. The van der Waals surface area contributed by atoms with Crippen molar-refractivity contribution in [1.82, 2.24) is 9.80 Å². The predicted octanol–water partition coefficient (Wildman–Crippen LogP) is 2.06. The molecule has 2 aliphatic heterocycles. The number of furan rings is 1. The zero-order valence-electron chi connectivity index (χ0n) is 16.2. The number of carbonyl (C=O) groups is 3. The summed E-state index contributed by atoms with van der Waals surface area (Å²) in [5, 5.41) is 5.66. The highest BCUT2D eigenvalue weighted by molar-refractivity contribution is 6.40. The average molecular weight is 394 g/mol. The van der Waals surface area contributed by atoms with Crippen LogP contribution in [0.25, 0.3) is 0 Å². The summed E-state index contributed by atoms with van der Waals surface area (Å²) in [5.41, 5.74) is 2.11. The van der Waals surface area contributed by atoms with Crippen molar-refractivity contribution in [3.63, 3.8) is 0 Å². The maximum Gasteiger partial charge on any atom is 0.289 e. The van der Waals surface area contributed by atoms with Crippen LogP contribution in [0.4, 0.5) is 5.69 Å². The number of anilines is 1. The lowest BCUT2D eigenvalue weighted by Gasteiger charge is -2.35. The Labute approximate surface area is 168 Å². The number of amides is 3. The summed E-state index contributed by atoms with van der Waals surface area (Å²) in [7, 11) is 0. The highest BCUT2D eigenvalue weighted by Crippen LogP contribution is 2.21. The third-order valence-electron chi connectivity index (χ3n) is 5.14. The van der Waals surface area contributed by atoms with Gasteiger partial charge in [-0.15, -0.1) is 0 Å². The number of rotatable bonds is 3. The molecule has 2 aliphatic rings. The van der Waals surface area contributed by atoms with Crippen molar-refractivity contribution in [1.29, 1.82) is 0 Å². The van der Waals surface area contributed by atoms with Gasteiger partial charge in [-0.1, -0.05) is 17.7 Å². The van der Waals surface area contributed by atoms with Gasteiger partial charge in [0.05, 0.1) is 12.0 Å². The van der Waals surface area contributed by atoms with Crippen molar-refractivity contribution in [3.8, 4) is 0 Å². The Bertz CT molecular complexity index is 942. The van der Waals surface area contributed by atoms with Crippen LogP contribution in [0.3, 0.4) is 0 Å². The van der Waals surface area contributed by atoms with Gasteiger partial charge in [0.1, 0.15) is 5.71 Å². The lowest BCUT2D eigenvalue weighted by Crippen LogP contribution is -2.52. The SMILES string of the molecule is Cc1ccc(N2N=C(C(=O)N3CCN(C(=O)c4ccco4)CC3)CCC2=O)cc1. The van der Waals surface area contributed by atoms with E-state index in [-0.39, 0.29) is 24.1 Å². The number of benzene rings is 1. The van der Waals surface area contributed by atoms with Crippen molar-refractivity contribution in [2.45, 2.75) is 19.8 Å². The van der Waals surface area contributed by atoms with Crippen LogP contribution < -0.4 is 5.01 Å². The quantitative estimate of drug-likeness (QED) is 0.797. The van der Waals surface area contributed by atoms with Crippen LogP contribution in [0.5, 0.6) is 0 Å². The minimum atomic E-state index is -0.181. The summed E-state index contributed by atoms with van der Waals surface area (Å²) in [6.45, 7) is 3.67. The average Bonchev–Trinajstić information content (AvgIpc) is 3.29. The smallest absolute Gasteiger partial charge is 0.289 e. The van der Waals surface area contributed by atoms with E-state index < -0.39 is 0 Å². The molecule has 8 nitrogen and oxygen atoms in total. The molecule has 0 N–H and O–H groups in total. The van der Waals surface area contributed by atoms with Crippen molar-refractivity contribution >= 4 is 29.1 Å². The summed E-state index contributed by atoms with van der Waals surface area (Å²) in [4.78, 5) is 40.9. The van der Waals surface area contributed by atoms with E-state index in [4.69, 9.17) is 4.42 Å². The molecule has 2 aromatic rings. The lowest BCUT2D eigenvalue weighted by molar-refractivity contribution is -0.125. The first-order valence-corrected chi connectivity index (χ1v) is 9.62. The van der Waals surface area contributed by atoms with E-state index in [1.54, 1.807) is 21.9 Å². The Hall–Kier alpha value is -3.42. The number of nitrogens with zero attached hydrogens (tertiary/aromatic N) is 4. The van der Waals surface area contributed by atoms with Crippen LogP contribution >= 0.6 is 0 Å². The Morgan fingerprint density at radius 1 is 0.931 bits per heavy atom. The van der Waals surface area contributed by atoms with Crippen molar-refractivity contribution < 1.29 is 18.8 Å². The Balaban J connectivity index is 1.43. The van der Waals surface area contributed by atoms with Gasteiger partial charge < -0.3 is 14.2 Å². The van der Waals surface area contributed by atoms with Gasteiger partial charge in [0.15, 0.2) is 5.76 Å². The van der Waals surface area contributed by atoms with E-state index in [1.807, 2.05) is 31.2 Å². The first-order chi connectivity index (χ1) is 14.0. The predicted molar refractivity (Wildman–Crippen MR) is 107 cm³/mol. The molecule has 150 valence electrons. The maximum atomic E-state index is 12.9. The highest BCUT2D eigenvalue weighted by Gasteiger charge is 2.31. The molecule has 8 heteroatoms. The third-order valence-corrected chi connectivity index (χ3v) is 5.14. The Morgan fingerprint density at radius 3 is 2.21 bits per heavy atom. The van der Waals surface area contributed by atoms with Crippen LogP contribution in [-0.2, 0) is 9.59 Å². The van der Waals surface area contributed by atoms with Gasteiger partial charge in [-0.05, 0) is 31.2 Å². The van der Waals surface area contributed by atoms with Gasteiger partial charge in [0.25, 0.3) is 11.8 Å². The zero-order valence-corrected chi connectivity index (χ0v) is 16.2. The van der Waals surface area contributed by atoms with Crippen LogP contribution in [0.2, 0.25) is 0 Å². The normalized spacial score (nSPS) is 17.3. The van der Waals surface area contributed by atoms with Gasteiger partial charge in [0.2, 0.25) is 5.91 Å². The topological polar surface area (TPSA) is 86.4 Å². The third kappa shape index (κ3) is 3.91. The summed E-state index contributed by atoms with van der Waals surface area (Å²) >= 11 is 0. The summed E-state index contributed by atoms with van der Waals surface area (Å²) in [6.07, 6.45) is 2.04. The van der Waals surface area contributed by atoms with E-state index in [9.17, 15) is 14.4 Å². The van der Waals surface area contributed by atoms with E-state index >= 15 is 0 Å². The molecule has 1 aromatic carbocycles. The van der Waals surface area contributed by atoms with E-state index in [0.29, 0.717) is 49.8 Å². The van der Waals surface area contributed by atoms with Gasteiger partial charge in [-0.2, -0.15) is 5.10 Å². The monoisotopic (exact) mass is 394 g/mol. The van der Waals surface area contributed by atoms with Gasteiger partial charge >= 0.3 is 0 Å². The fraction of sp³-hybridized carbons (Fsp3) is 0.333. The van der Waals surface area contributed by atoms with Crippen LogP contribution in [0, 0.1) is 6.92 Å². The molecular weight excluding hydrogens is 372 g/mol. The van der Waals surface area contributed by atoms with E-state index in [2.05, 4.69) is 5.10 Å². The molecule has 3 heterocycles. The highest BCUT2D eigenvalue weighted by atomic mass is 16.3. The molecule has 0 spiro atoms. The first-order valence-electron chi connectivity index (χ1n) is 9.62. The van der Waals surface area contributed by atoms with E-state index in [0.717, 1.165) is 5.56 Å². The second-order valence-corrected chi connectivity index (χ2v) is 7.15. The largest absolute Gasteiger partial charge is 0.459 e. The van der Waals surface area contributed by atoms with Crippen LogP contribution in [0.15, 0.2) is 52.2 Å². The van der Waals surface area contributed by atoms with Crippen molar-refractivity contribution in [3.05, 3.63) is 54.0 Å². The molecule has 0 atom stereocenters. The van der Waals surface area contributed by atoms with Crippen molar-refractivity contribution in [2.75, 3.05) is 31.2 Å². The molecule has 1 aromatic heterocycles. The molecule has 1 fully saturated rings. The first kappa shape index (κ1) is 18.9. The van der Waals surface area contributed by atoms with Gasteiger partial charge in [-0.3, -0.25) is 14.4 Å². The number of piperazine rings is 1. The van der Waals surface area contributed by atoms with E-state index in [1.165, 1.54) is 11.3 Å². The molecular formula is C21H22N4O4. The lowest BCUT2D eigenvalue weighted by atomic mass is 10.1. The zero-order chi connectivity index (χ0) is 20.4. The second kappa shape index (κ2) is 7.90. The fourth-order valence-electron chi connectivity index (χ4n) is 3.45. The number of aryl methyl sites for hydroxylation is 1. The molecule has 0 aliphatic carbocycles. The molecule has 0 unspecified atom stereocenters. The molecule has 0 bridgehead atoms. The van der Waals surface area contributed by atoms with Crippen LogP contribution in [-0.4, -0.2) is 59.4 Å². The Kier molecular flexibility index (Phi) is 5.16. The van der Waals surface area contributed by atoms with Gasteiger partial charge in [0, 0.05) is 39.0 Å². The number of hydrazone groups is 1. The second-order valence-electron chi connectivity index (χ2n) is 7.15. The molecule has 0 radical (unpaired) electrons. The van der Waals surface area contributed by atoms with Gasteiger partial charge in [-0.25, -0.2) is 5.01 Å². The standard InChI is InChI=1S/C21H22N4O4/c1-15-4-6-16(7-5-15)25-19(26)9-8-17(22-25)20(27)23-10-12-24(13-11-23)21(28)18-3-2-14-29-18/h2-7,14H,8-13H2,1H3. The number of hydrogen-bond acceptors (Lipinski definition) is 5. The molecule has 1 saturated heterocycles. The molecule has 29 heavy (non-hydrogen) atoms. The molecule has 4 rings (SSSR count). The fourth-order valence-corrected chi connectivity index (χ4v) is 3.45.